The zero-order chi connectivity index (χ0) is 26.1. The number of aliphatic carboxylic acids is 1. The maximum Gasteiger partial charge on any atom is 0.303 e. The second kappa shape index (κ2) is 12.8. The van der Waals surface area contributed by atoms with Crippen molar-refractivity contribution in [3.05, 3.63) is 120 Å². The number of hydrogen-bond donors (Lipinski definition) is 3. The number of aliphatic hydroxyl groups is 2. The normalized spacial score (nSPS) is 21.9. The van der Waals surface area contributed by atoms with Crippen LogP contribution in [0.25, 0.3) is 0 Å². The van der Waals surface area contributed by atoms with Gasteiger partial charge in [-0.3, -0.25) is 4.79 Å². The molecule has 0 radical (unpaired) electrons. The number of carbonyl (C=O) groups is 1. The molecule has 0 aliphatic heterocycles. The van der Waals surface area contributed by atoms with Gasteiger partial charge >= 0.3 is 5.97 Å². The van der Waals surface area contributed by atoms with E-state index >= 15 is 0 Å². The van der Waals surface area contributed by atoms with Crippen LogP contribution in [0.2, 0.25) is 0 Å². The highest BCUT2D eigenvalue weighted by Gasteiger charge is 2.44. The minimum atomic E-state index is -0.881. The van der Waals surface area contributed by atoms with Crippen LogP contribution in [0.3, 0.4) is 0 Å². The predicted octanol–water partition coefficient (Wildman–Crippen LogP) is 5.55. The van der Waals surface area contributed by atoms with E-state index in [2.05, 4.69) is 36.4 Å². The van der Waals surface area contributed by atoms with Crippen LogP contribution >= 0.6 is 0 Å². The summed E-state index contributed by atoms with van der Waals surface area (Å²) in [6.45, 7) is 0.272. The molecule has 1 saturated carbocycles. The Labute approximate surface area is 219 Å². The molecule has 3 aromatic rings. The molecule has 4 rings (SSSR count). The van der Waals surface area contributed by atoms with Crippen LogP contribution in [0.4, 0.5) is 0 Å². The third-order valence-corrected chi connectivity index (χ3v) is 7.39. The van der Waals surface area contributed by atoms with Gasteiger partial charge in [0.05, 0.1) is 18.8 Å². The van der Waals surface area contributed by atoms with Gasteiger partial charge < -0.3 is 20.1 Å². The topological polar surface area (TPSA) is 87.0 Å². The molecule has 5 heteroatoms. The summed E-state index contributed by atoms with van der Waals surface area (Å²) in [7, 11) is 0. The minimum absolute atomic E-state index is 0.145. The third-order valence-electron chi connectivity index (χ3n) is 7.39. The van der Waals surface area contributed by atoms with Gasteiger partial charge in [-0.25, -0.2) is 0 Å². The zero-order valence-electron chi connectivity index (χ0n) is 21.0. The fourth-order valence-electron chi connectivity index (χ4n) is 5.47. The summed E-state index contributed by atoms with van der Waals surface area (Å²) >= 11 is 0. The Balaban J connectivity index is 1.61. The minimum Gasteiger partial charge on any atom is -0.481 e. The van der Waals surface area contributed by atoms with Crippen LogP contribution < -0.4 is 0 Å². The lowest BCUT2D eigenvalue weighted by molar-refractivity contribution is -0.137. The van der Waals surface area contributed by atoms with Gasteiger partial charge in [0, 0.05) is 12.3 Å². The smallest absolute Gasteiger partial charge is 0.303 e. The van der Waals surface area contributed by atoms with Gasteiger partial charge in [0.25, 0.3) is 0 Å². The SMILES string of the molecule is O=C(O)CCCC=CCC1C(O)CC(O)C1COC(c1ccccc1)(c1ccccc1)c1ccccc1. The summed E-state index contributed by atoms with van der Waals surface area (Å²) in [5.74, 6) is -1.18. The first-order valence-corrected chi connectivity index (χ1v) is 13.1. The van der Waals surface area contributed by atoms with E-state index in [1.807, 2.05) is 66.7 Å². The molecular formula is C32H36O5. The van der Waals surface area contributed by atoms with E-state index in [0.717, 1.165) is 16.7 Å². The van der Waals surface area contributed by atoms with Crippen molar-refractivity contribution in [2.45, 2.75) is 49.9 Å². The third kappa shape index (κ3) is 6.37. The van der Waals surface area contributed by atoms with Crippen LogP contribution in [0.5, 0.6) is 0 Å². The molecule has 0 saturated heterocycles. The zero-order valence-corrected chi connectivity index (χ0v) is 21.0. The van der Waals surface area contributed by atoms with Gasteiger partial charge in [-0.2, -0.15) is 0 Å². The second-order valence-corrected chi connectivity index (χ2v) is 9.78. The lowest BCUT2D eigenvalue weighted by atomic mass is 9.79. The molecule has 0 amide bonds. The number of hydrogen-bond acceptors (Lipinski definition) is 4. The summed E-state index contributed by atoms with van der Waals surface area (Å²) < 4.78 is 6.93. The van der Waals surface area contributed by atoms with Gasteiger partial charge in [0.1, 0.15) is 5.60 Å². The van der Waals surface area contributed by atoms with Crippen LogP contribution in [-0.2, 0) is 15.1 Å². The molecule has 37 heavy (non-hydrogen) atoms. The summed E-state index contributed by atoms with van der Waals surface area (Å²) in [6, 6.07) is 30.4. The molecule has 1 fully saturated rings. The van der Waals surface area contributed by atoms with Crippen molar-refractivity contribution in [1.82, 2.24) is 0 Å². The summed E-state index contributed by atoms with van der Waals surface area (Å²) in [5, 5.41) is 30.5. The Morgan fingerprint density at radius 1 is 0.784 bits per heavy atom. The molecule has 5 nitrogen and oxygen atoms in total. The van der Waals surface area contributed by atoms with Crippen molar-refractivity contribution in [3.63, 3.8) is 0 Å². The van der Waals surface area contributed by atoms with E-state index in [0.29, 0.717) is 25.7 Å². The first kappa shape index (κ1) is 26.8. The van der Waals surface area contributed by atoms with Crippen molar-refractivity contribution in [3.8, 4) is 0 Å². The Morgan fingerprint density at radius 2 is 1.27 bits per heavy atom. The quantitative estimate of drug-likeness (QED) is 0.172. The van der Waals surface area contributed by atoms with Gasteiger partial charge in [0.2, 0.25) is 0 Å². The number of carboxylic acid groups (broad SMARTS) is 1. The summed E-state index contributed by atoms with van der Waals surface area (Å²) in [6.07, 6.45) is 5.02. The first-order valence-electron chi connectivity index (χ1n) is 13.1. The van der Waals surface area contributed by atoms with E-state index in [-0.39, 0.29) is 24.9 Å². The van der Waals surface area contributed by atoms with E-state index in [1.165, 1.54) is 0 Å². The second-order valence-electron chi connectivity index (χ2n) is 9.78. The largest absolute Gasteiger partial charge is 0.481 e. The standard InChI is InChI=1S/C32H36O5/c33-29-22-30(34)28(27(29)20-12-1-2-13-21-31(35)36)23-37-32(24-14-6-3-7-15-24,25-16-8-4-9-17-25)26-18-10-5-11-19-26/h1,3-12,14-19,27-30,33-34H,2,13,20-23H2,(H,35,36). The molecule has 194 valence electrons. The van der Waals surface area contributed by atoms with Crippen LogP contribution in [0.15, 0.2) is 103 Å². The van der Waals surface area contributed by atoms with Crippen LogP contribution in [0.1, 0.15) is 48.8 Å². The molecule has 3 N–H and O–H groups in total. The van der Waals surface area contributed by atoms with Gasteiger partial charge in [-0.05, 0) is 48.3 Å². The predicted molar refractivity (Wildman–Crippen MR) is 144 cm³/mol. The molecular weight excluding hydrogens is 464 g/mol. The highest BCUT2D eigenvalue weighted by Crippen LogP contribution is 2.43. The molecule has 1 aliphatic carbocycles. The van der Waals surface area contributed by atoms with Crippen molar-refractivity contribution in [2.24, 2.45) is 11.8 Å². The van der Waals surface area contributed by atoms with Crippen molar-refractivity contribution in [2.75, 3.05) is 6.61 Å². The Morgan fingerprint density at radius 3 is 1.76 bits per heavy atom. The average Bonchev–Trinajstić information content (AvgIpc) is 3.20. The fourth-order valence-corrected chi connectivity index (χ4v) is 5.47. The number of unbranched alkanes of at least 4 members (excludes halogenated alkanes) is 1. The Hall–Kier alpha value is -3.25. The molecule has 0 aromatic heterocycles. The van der Waals surface area contributed by atoms with E-state index in [9.17, 15) is 15.0 Å². The highest BCUT2D eigenvalue weighted by molar-refractivity contribution is 5.66. The average molecular weight is 501 g/mol. The van der Waals surface area contributed by atoms with Crippen molar-refractivity contribution < 1.29 is 24.9 Å². The molecule has 4 atom stereocenters. The van der Waals surface area contributed by atoms with Crippen LogP contribution in [-0.4, -0.2) is 40.1 Å². The molecule has 4 unspecified atom stereocenters. The molecule has 1 aliphatic rings. The lowest BCUT2D eigenvalue weighted by Crippen LogP contribution is -2.37. The number of rotatable bonds is 12. The fraction of sp³-hybridized carbons (Fsp3) is 0.344. The molecule has 0 bridgehead atoms. The lowest BCUT2D eigenvalue weighted by Gasteiger charge is -2.38. The highest BCUT2D eigenvalue weighted by atomic mass is 16.5. The van der Waals surface area contributed by atoms with Crippen molar-refractivity contribution in [1.29, 1.82) is 0 Å². The van der Waals surface area contributed by atoms with Crippen molar-refractivity contribution >= 4 is 5.97 Å². The van der Waals surface area contributed by atoms with E-state index in [4.69, 9.17) is 9.84 Å². The van der Waals surface area contributed by atoms with Gasteiger partial charge in [-0.15, -0.1) is 0 Å². The summed E-state index contributed by atoms with van der Waals surface area (Å²) in [5.41, 5.74) is 2.11. The number of aliphatic hydroxyl groups excluding tert-OH is 2. The molecule has 0 spiro atoms. The molecule has 0 heterocycles. The Kier molecular flexibility index (Phi) is 9.29. The number of carboxylic acids is 1. The Bertz CT molecular complexity index is 1030. The van der Waals surface area contributed by atoms with E-state index in [1.54, 1.807) is 0 Å². The summed E-state index contributed by atoms with van der Waals surface area (Å²) in [4.78, 5) is 10.7. The number of ether oxygens (including phenoxy) is 1. The van der Waals surface area contributed by atoms with Gasteiger partial charge in [0.15, 0.2) is 0 Å². The maximum absolute atomic E-state index is 10.9. The first-order chi connectivity index (χ1) is 18.0. The molecule has 3 aromatic carbocycles. The van der Waals surface area contributed by atoms with E-state index < -0.39 is 23.8 Å². The van der Waals surface area contributed by atoms with Gasteiger partial charge in [-0.1, -0.05) is 103 Å². The monoisotopic (exact) mass is 500 g/mol. The number of allylic oxidation sites excluding steroid dienone is 2. The number of benzene rings is 3. The maximum atomic E-state index is 10.9. The van der Waals surface area contributed by atoms with Crippen LogP contribution in [0, 0.1) is 11.8 Å².